The number of carbonyl (C=O) groups is 1. The summed E-state index contributed by atoms with van der Waals surface area (Å²) in [5, 5.41) is 1.13. The second-order valence-electron chi connectivity index (χ2n) is 8.41. The number of para-hydroxylation sites is 1. The number of piperidine rings is 1. The maximum Gasteiger partial charge on any atom is 0.227 e. The lowest BCUT2D eigenvalue weighted by atomic mass is 9.94. The van der Waals surface area contributed by atoms with Crippen molar-refractivity contribution < 1.29 is 4.79 Å². The van der Waals surface area contributed by atoms with E-state index in [-0.39, 0.29) is 11.8 Å². The summed E-state index contributed by atoms with van der Waals surface area (Å²) in [7, 11) is 0. The van der Waals surface area contributed by atoms with E-state index in [9.17, 15) is 4.79 Å². The third-order valence-electron chi connectivity index (χ3n) is 6.18. The van der Waals surface area contributed by atoms with Crippen LogP contribution in [0.2, 0.25) is 0 Å². The molecule has 0 spiro atoms. The minimum absolute atomic E-state index is 0.178. The lowest BCUT2D eigenvalue weighted by Gasteiger charge is -2.32. The molecule has 3 heterocycles. The zero-order valence-electron chi connectivity index (χ0n) is 17.7. The van der Waals surface area contributed by atoms with Crippen LogP contribution in [0.15, 0.2) is 67.1 Å². The van der Waals surface area contributed by atoms with E-state index in [0.29, 0.717) is 13.0 Å². The molecule has 1 aliphatic rings. The number of rotatable bonds is 4. The van der Waals surface area contributed by atoms with Crippen molar-refractivity contribution in [1.29, 1.82) is 0 Å². The average molecular weight is 411 g/mol. The highest BCUT2D eigenvalue weighted by molar-refractivity contribution is 5.89. The van der Waals surface area contributed by atoms with Crippen molar-refractivity contribution in [1.82, 2.24) is 19.9 Å². The number of H-pyrrole nitrogens is 1. The molecule has 2 aromatic carbocycles. The number of hydrogen-bond donors (Lipinski definition) is 1. The molecule has 1 aliphatic heterocycles. The molecule has 1 N–H and O–H groups in total. The van der Waals surface area contributed by atoms with Gasteiger partial charge in [-0.1, -0.05) is 42.0 Å². The second kappa shape index (κ2) is 8.34. The number of nitrogens with one attached hydrogen (secondary N) is 1. The largest absolute Gasteiger partial charge is 0.361 e. The second-order valence-corrected chi connectivity index (χ2v) is 8.41. The van der Waals surface area contributed by atoms with Crippen LogP contribution in [0.3, 0.4) is 0 Å². The average Bonchev–Trinajstić information content (AvgIpc) is 3.22. The monoisotopic (exact) mass is 410 g/mol. The molecule has 1 fully saturated rings. The number of benzene rings is 2. The highest BCUT2D eigenvalue weighted by atomic mass is 16.2. The van der Waals surface area contributed by atoms with E-state index < -0.39 is 0 Å². The molecule has 156 valence electrons. The first-order valence-corrected chi connectivity index (χ1v) is 10.9. The number of nitrogens with zero attached hydrogens (tertiary/aromatic N) is 3. The van der Waals surface area contributed by atoms with Crippen molar-refractivity contribution in [3.8, 4) is 11.3 Å². The van der Waals surface area contributed by atoms with Gasteiger partial charge >= 0.3 is 0 Å². The number of hydrogen-bond acceptors (Lipinski definition) is 3. The minimum Gasteiger partial charge on any atom is -0.361 e. The Balaban J connectivity index is 1.32. The van der Waals surface area contributed by atoms with Crippen LogP contribution in [0.5, 0.6) is 0 Å². The smallest absolute Gasteiger partial charge is 0.227 e. The van der Waals surface area contributed by atoms with Gasteiger partial charge in [0.15, 0.2) is 0 Å². The van der Waals surface area contributed by atoms with Gasteiger partial charge in [0, 0.05) is 47.9 Å². The Bertz CT molecular complexity index is 1230. The van der Waals surface area contributed by atoms with Crippen molar-refractivity contribution in [3.63, 3.8) is 0 Å². The van der Waals surface area contributed by atoms with Gasteiger partial charge in [0.1, 0.15) is 0 Å². The summed E-state index contributed by atoms with van der Waals surface area (Å²) in [6, 6.07) is 16.5. The summed E-state index contributed by atoms with van der Waals surface area (Å²) in [6.45, 7) is 3.59. The topological polar surface area (TPSA) is 61.9 Å². The molecule has 1 amide bonds. The fraction of sp³-hybridized carbons (Fsp3) is 0.269. The molecular weight excluding hydrogens is 384 g/mol. The van der Waals surface area contributed by atoms with E-state index >= 15 is 0 Å². The summed E-state index contributed by atoms with van der Waals surface area (Å²) in [4.78, 5) is 27.7. The Labute approximate surface area is 182 Å². The summed E-state index contributed by atoms with van der Waals surface area (Å²) in [5.74, 6) is 0.398. The molecule has 31 heavy (non-hydrogen) atoms. The van der Waals surface area contributed by atoms with Gasteiger partial charge in [0.2, 0.25) is 5.91 Å². The quantitative estimate of drug-likeness (QED) is 0.521. The van der Waals surface area contributed by atoms with E-state index in [2.05, 4.69) is 41.2 Å². The van der Waals surface area contributed by atoms with Gasteiger partial charge in [0.25, 0.3) is 0 Å². The van der Waals surface area contributed by atoms with Crippen LogP contribution in [0.4, 0.5) is 0 Å². The Morgan fingerprint density at radius 2 is 2.06 bits per heavy atom. The SMILES string of the molecule is Cc1cccc(-c2cncc([C@@H]3CCCN(C(=O)Cc4c[nH]c5ccccc45)C3)n2)c1. The first-order chi connectivity index (χ1) is 15.2. The van der Waals surface area contributed by atoms with Crippen molar-refractivity contribution in [2.24, 2.45) is 0 Å². The summed E-state index contributed by atoms with van der Waals surface area (Å²) >= 11 is 0. The molecule has 0 unspecified atom stereocenters. The van der Waals surface area contributed by atoms with Crippen LogP contribution >= 0.6 is 0 Å². The van der Waals surface area contributed by atoms with Crippen LogP contribution in [-0.2, 0) is 11.2 Å². The van der Waals surface area contributed by atoms with Crippen molar-refractivity contribution >= 4 is 16.8 Å². The third kappa shape index (κ3) is 4.08. The van der Waals surface area contributed by atoms with Gasteiger partial charge in [-0.05, 0) is 37.5 Å². The number of aromatic nitrogens is 3. The molecule has 0 saturated carbocycles. The number of amides is 1. The fourth-order valence-electron chi connectivity index (χ4n) is 4.52. The van der Waals surface area contributed by atoms with Crippen LogP contribution < -0.4 is 0 Å². The van der Waals surface area contributed by atoms with Crippen LogP contribution in [0.25, 0.3) is 22.2 Å². The summed E-state index contributed by atoms with van der Waals surface area (Å²) in [6.07, 6.45) is 8.08. The molecule has 0 aliphatic carbocycles. The number of carbonyl (C=O) groups excluding carboxylic acids is 1. The van der Waals surface area contributed by atoms with Crippen molar-refractivity contribution in [3.05, 3.63) is 83.9 Å². The van der Waals surface area contributed by atoms with Crippen molar-refractivity contribution in [2.75, 3.05) is 13.1 Å². The minimum atomic E-state index is 0.178. The molecule has 1 saturated heterocycles. The molecule has 5 rings (SSSR count). The Morgan fingerprint density at radius 1 is 1.16 bits per heavy atom. The van der Waals surface area contributed by atoms with E-state index in [1.165, 1.54) is 5.56 Å². The fourth-order valence-corrected chi connectivity index (χ4v) is 4.52. The Kier molecular flexibility index (Phi) is 5.24. The maximum atomic E-state index is 13.1. The lowest BCUT2D eigenvalue weighted by molar-refractivity contribution is -0.131. The highest BCUT2D eigenvalue weighted by Gasteiger charge is 2.26. The lowest BCUT2D eigenvalue weighted by Crippen LogP contribution is -2.40. The Hall–Kier alpha value is -3.47. The van der Waals surface area contributed by atoms with Gasteiger partial charge in [-0.2, -0.15) is 0 Å². The molecule has 0 bridgehead atoms. The molecule has 5 nitrogen and oxygen atoms in total. The summed E-state index contributed by atoms with van der Waals surface area (Å²) in [5.41, 5.74) is 6.29. The first-order valence-electron chi connectivity index (χ1n) is 10.9. The van der Waals surface area contributed by atoms with Crippen molar-refractivity contribution in [2.45, 2.75) is 32.1 Å². The molecular formula is C26H26N4O. The molecule has 2 aromatic heterocycles. The van der Waals surface area contributed by atoms with Crippen LogP contribution in [0, 0.1) is 6.92 Å². The van der Waals surface area contributed by atoms with Gasteiger partial charge in [-0.25, -0.2) is 4.98 Å². The Morgan fingerprint density at radius 3 is 2.97 bits per heavy atom. The number of aromatic amines is 1. The van der Waals surface area contributed by atoms with Gasteiger partial charge in [-0.3, -0.25) is 9.78 Å². The van der Waals surface area contributed by atoms with Gasteiger partial charge in [0.05, 0.1) is 24.0 Å². The maximum absolute atomic E-state index is 13.1. The zero-order chi connectivity index (χ0) is 21.2. The first kappa shape index (κ1) is 19.5. The molecule has 1 atom stereocenters. The predicted molar refractivity (Wildman–Crippen MR) is 123 cm³/mol. The van der Waals surface area contributed by atoms with Gasteiger partial charge in [-0.15, -0.1) is 0 Å². The number of likely N-dealkylation sites (tertiary alicyclic amines) is 1. The van der Waals surface area contributed by atoms with Gasteiger partial charge < -0.3 is 9.88 Å². The number of fused-ring (bicyclic) bond motifs is 1. The third-order valence-corrected chi connectivity index (χ3v) is 6.18. The summed E-state index contributed by atoms with van der Waals surface area (Å²) < 4.78 is 0. The van der Waals surface area contributed by atoms with Crippen LogP contribution in [0.1, 0.15) is 35.6 Å². The zero-order valence-corrected chi connectivity index (χ0v) is 17.7. The molecule has 4 aromatic rings. The molecule has 0 radical (unpaired) electrons. The van der Waals surface area contributed by atoms with Crippen LogP contribution in [-0.4, -0.2) is 38.8 Å². The predicted octanol–water partition coefficient (Wildman–Crippen LogP) is 4.88. The van der Waals surface area contributed by atoms with E-state index in [4.69, 9.17) is 4.98 Å². The van der Waals surface area contributed by atoms with E-state index in [1.807, 2.05) is 47.8 Å². The number of aryl methyl sites for hydroxylation is 1. The van der Waals surface area contributed by atoms with E-state index in [0.717, 1.165) is 52.8 Å². The normalized spacial score (nSPS) is 16.5. The highest BCUT2D eigenvalue weighted by Crippen LogP contribution is 2.28. The van der Waals surface area contributed by atoms with E-state index in [1.54, 1.807) is 0 Å². The molecule has 5 heteroatoms. The standard InChI is InChI=1S/C26H26N4O/c1-18-6-4-7-19(12-18)24-15-27-16-25(29-24)20-8-5-11-30(17-20)26(31)13-21-14-28-23-10-3-2-9-22(21)23/h2-4,6-7,9-10,12,14-16,20,28H,5,8,11,13,17H2,1H3/t20-/m1/s1.